The molecule has 1 aliphatic rings. The maximum absolute atomic E-state index is 5.83. The lowest BCUT2D eigenvalue weighted by Gasteiger charge is -2.11. The summed E-state index contributed by atoms with van der Waals surface area (Å²) >= 11 is 1.61. The molecule has 0 fully saturated rings. The fraction of sp³-hybridized carbons (Fsp3) is 0.200. The summed E-state index contributed by atoms with van der Waals surface area (Å²) in [5, 5.41) is 6.32. The quantitative estimate of drug-likeness (QED) is 0.667. The monoisotopic (exact) mass is 349 g/mol. The highest BCUT2D eigenvalue weighted by Crippen LogP contribution is 2.28. The van der Waals surface area contributed by atoms with E-state index >= 15 is 0 Å². The Morgan fingerprint density at radius 2 is 1.72 bits per heavy atom. The third-order valence-electron chi connectivity index (χ3n) is 4.01. The van der Waals surface area contributed by atoms with Gasteiger partial charge in [0.1, 0.15) is 17.3 Å². The predicted octanol–water partition coefficient (Wildman–Crippen LogP) is 5.60. The zero-order valence-electron chi connectivity index (χ0n) is 13.8. The molecule has 5 heteroatoms. The van der Waals surface area contributed by atoms with E-state index in [1.807, 2.05) is 54.6 Å². The average molecular weight is 349 g/mol. The van der Waals surface area contributed by atoms with E-state index < -0.39 is 0 Å². The number of rotatable bonds is 4. The molecule has 0 saturated heterocycles. The molecule has 0 unspecified atom stereocenters. The molecule has 1 aromatic heterocycles. The predicted molar refractivity (Wildman–Crippen MR) is 104 cm³/mol. The first-order valence-corrected chi connectivity index (χ1v) is 9.34. The van der Waals surface area contributed by atoms with Gasteiger partial charge >= 0.3 is 0 Å². The van der Waals surface area contributed by atoms with Crippen LogP contribution < -0.4 is 10.1 Å². The number of aliphatic imine (C=N–C) groups is 1. The lowest BCUT2D eigenvalue weighted by molar-refractivity contribution is 0.483. The minimum Gasteiger partial charge on any atom is -0.457 e. The Balaban J connectivity index is 1.44. The summed E-state index contributed by atoms with van der Waals surface area (Å²) < 4.78 is 5.83. The summed E-state index contributed by atoms with van der Waals surface area (Å²) in [6.45, 7) is 0.920. The van der Waals surface area contributed by atoms with Gasteiger partial charge in [-0.2, -0.15) is 0 Å². The van der Waals surface area contributed by atoms with Crippen molar-refractivity contribution in [2.45, 2.75) is 19.3 Å². The maximum atomic E-state index is 5.83. The minimum absolute atomic E-state index is 0.820. The van der Waals surface area contributed by atoms with Crippen LogP contribution >= 0.6 is 11.3 Å². The molecule has 0 bridgehead atoms. The topological polar surface area (TPSA) is 46.5 Å². The summed E-state index contributed by atoms with van der Waals surface area (Å²) in [5.74, 6) is 2.71. The summed E-state index contributed by atoms with van der Waals surface area (Å²) in [4.78, 5) is 9.19. The Morgan fingerprint density at radius 1 is 0.920 bits per heavy atom. The lowest BCUT2D eigenvalue weighted by atomic mass is 10.2. The van der Waals surface area contributed by atoms with E-state index in [1.165, 1.54) is 12.8 Å². The molecule has 3 aromatic rings. The number of nitrogens with one attached hydrogen (secondary N) is 1. The molecular formula is C20H19N3OS. The molecule has 0 spiro atoms. The average Bonchev–Trinajstić information content (AvgIpc) is 3.12. The second-order valence-corrected chi connectivity index (χ2v) is 6.75. The first-order valence-electron chi connectivity index (χ1n) is 8.46. The van der Waals surface area contributed by atoms with Crippen molar-refractivity contribution in [1.29, 1.82) is 0 Å². The molecule has 0 saturated carbocycles. The molecule has 2 aromatic carbocycles. The van der Waals surface area contributed by atoms with Crippen LogP contribution in [0.15, 0.2) is 65.0 Å². The van der Waals surface area contributed by atoms with Crippen LogP contribution in [-0.4, -0.2) is 17.4 Å². The second kappa shape index (κ2) is 7.49. The number of amidine groups is 1. The van der Waals surface area contributed by atoms with Gasteiger partial charge in [0.05, 0.1) is 5.69 Å². The van der Waals surface area contributed by atoms with Crippen LogP contribution in [0.4, 0.5) is 5.13 Å². The van der Waals surface area contributed by atoms with Crippen molar-refractivity contribution in [2.24, 2.45) is 4.99 Å². The number of nitrogens with zero attached hydrogens (tertiary/aromatic N) is 2. The van der Waals surface area contributed by atoms with Crippen molar-refractivity contribution in [3.8, 4) is 22.8 Å². The van der Waals surface area contributed by atoms with Crippen molar-refractivity contribution in [3.63, 3.8) is 0 Å². The number of para-hydroxylation sites is 1. The van der Waals surface area contributed by atoms with Crippen molar-refractivity contribution < 1.29 is 4.74 Å². The van der Waals surface area contributed by atoms with Gasteiger partial charge in [0.15, 0.2) is 5.13 Å². The zero-order chi connectivity index (χ0) is 16.9. The molecule has 1 aliphatic heterocycles. The highest BCUT2D eigenvalue weighted by atomic mass is 32.1. The van der Waals surface area contributed by atoms with E-state index in [0.29, 0.717) is 0 Å². The third kappa shape index (κ3) is 4.06. The SMILES string of the molecule is c1ccc(Oc2ccc(-c3csc(NC4=NCCCC4)n3)cc2)cc1. The molecule has 126 valence electrons. The molecule has 0 amide bonds. The van der Waals surface area contributed by atoms with Crippen LogP contribution in [0.5, 0.6) is 11.5 Å². The molecule has 1 N–H and O–H groups in total. The summed E-state index contributed by atoms with van der Waals surface area (Å²) in [7, 11) is 0. The summed E-state index contributed by atoms with van der Waals surface area (Å²) in [6.07, 6.45) is 3.40. The zero-order valence-corrected chi connectivity index (χ0v) is 14.6. The molecule has 0 atom stereocenters. The first kappa shape index (κ1) is 15.8. The molecule has 0 aliphatic carbocycles. The van der Waals surface area contributed by atoms with E-state index in [1.54, 1.807) is 11.3 Å². The molecule has 2 heterocycles. The lowest BCUT2D eigenvalue weighted by Crippen LogP contribution is -2.15. The fourth-order valence-corrected chi connectivity index (χ4v) is 3.44. The van der Waals surface area contributed by atoms with Gasteiger partial charge in [-0.3, -0.25) is 4.99 Å². The molecule has 25 heavy (non-hydrogen) atoms. The molecular weight excluding hydrogens is 330 g/mol. The van der Waals surface area contributed by atoms with Crippen molar-refractivity contribution in [3.05, 3.63) is 60.0 Å². The van der Waals surface area contributed by atoms with Crippen molar-refractivity contribution in [1.82, 2.24) is 4.98 Å². The maximum Gasteiger partial charge on any atom is 0.188 e. The van der Waals surface area contributed by atoms with Gasteiger partial charge in [-0.1, -0.05) is 18.2 Å². The van der Waals surface area contributed by atoms with Gasteiger partial charge in [-0.15, -0.1) is 11.3 Å². The normalized spacial score (nSPS) is 14.0. The van der Waals surface area contributed by atoms with Crippen LogP contribution in [0.1, 0.15) is 19.3 Å². The van der Waals surface area contributed by atoms with Gasteiger partial charge in [0, 0.05) is 23.9 Å². The van der Waals surface area contributed by atoms with Gasteiger partial charge in [-0.05, 0) is 49.2 Å². The Morgan fingerprint density at radius 3 is 2.48 bits per heavy atom. The highest BCUT2D eigenvalue weighted by Gasteiger charge is 2.09. The van der Waals surface area contributed by atoms with E-state index in [9.17, 15) is 0 Å². The van der Waals surface area contributed by atoms with Crippen molar-refractivity contribution in [2.75, 3.05) is 11.9 Å². The van der Waals surface area contributed by atoms with E-state index in [4.69, 9.17) is 4.74 Å². The minimum atomic E-state index is 0.820. The summed E-state index contributed by atoms with van der Waals surface area (Å²) in [6, 6.07) is 17.8. The number of benzene rings is 2. The van der Waals surface area contributed by atoms with E-state index in [2.05, 4.69) is 20.7 Å². The number of hydrogen-bond acceptors (Lipinski definition) is 5. The second-order valence-electron chi connectivity index (χ2n) is 5.89. The molecule has 4 nitrogen and oxygen atoms in total. The smallest absolute Gasteiger partial charge is 0.188 e. The van der Waals surface area contributed by atoms with E-state index in [-0.39, 0.29) is 0 Å². The van der Waals surface area contributed by atoms with Crippen LogP contribution in [0.3, 0.4) is 0 Å². The largest absolute Gasteiger partial charge is 0.457 e. The Bertz CT molecular complexity index is 856. The van der Waals surface area contributed by atoms with Gasteiger partial charge in [0.25, 0.3) is 0 Å². The molecule has 4 rings (SSSR count). The van der Waals surface area contributed by atoms with Crippen molar-refractivity contribution >= 4 is 22.3 Å². The van der Waals surface area contributed by atoms with Crippen LogP contribution in [0.25, 0.3) is 11.3 Å². The Labute approximate surface area is 151 Å². The number of thiazole rings is 1. The standard InChI is InChI=1S/C20H19N3OS/c1-2-6-16(7-3-1)24-17-11-9-15(10-12-17)18-14-25-20(22-18)23-19-8-4-5-13-21-19/h1-3,6-7,9-12,14H,4-5,8,13H2,(H,21,22,23). The van der Waals surface area contributed by atoms with Crippen LogP contribution in [0, 0.1) is 0 Å². The molecule has 0 radical (unpaired) electrons. The highest BCUT2D eigenvalue weighted by molar-refractivity contribution is 7.14. The summed E-state index contributed by atoms with van der Waals surface area (Å²) in [5.41, 5.74) is 2.05. The van der Waals surface area contributed by atoms with Crippen LogP contribution in [0.2, 0.25) is 0 Å². The number of ether oxygens (including phenoxy) is 1. The number of anilines is 1. The van der Waals surface area contributed by atoms with Gasteiger partial charge < -0.3 is 10.1 Å². The van der Waals surface area contributed by atoms with Gasteiger partial charge in [-0.25, -0.2) is 4.98 Å². The Hall–Kier alpha value is -2.66. The number of aromatic nitrogens is 1. The Kier molecular flexibility index (Phi) is 4.74. The van der Waals surface area contributed by atoms with Gasteiger partial charge in [0.2, 0.25) is 0 Å². The first-order chi connectivity index (χ1) is 12.4. The van der Waals surface area contributed by atoms with Crippen LogP contribution in [-0.2, 0) is 0 Å². The van der Waals surface area contributed by atoms with E-state index in [0.717, 1.165) is 46.7 Å². The third-order valence-corrected chi connectivity index (χ3v) is 4.77. The number of hydrogen-bond donors (Lipinski definition) is 1. The fourth-order valence-electron chi connectivity index (χ4n) is 2.70.